The number of hydrogen-bond acceptors (Lipinski definition) is 7. The van der Waals surface area contributed by atoms with Crippen LogP contribution >= 0.6 is 0 Å². The van der Waals surface area contributed by atoms with E-state index in [-0.39, 0.29) is 5.91 Å². The number of hydrogen-bond donors (Lipinski definition) is 3. The predicted molar refractivity (Wildman–Crippen MR) is 92.9 cm³/mol. The van der Waals surface area contributed by atoms with Gasteiger partial charge in [-0.25, -0.2) is 0 Å². The molecule has 0 spiro atoms. The van der Waals surface area contributed by atoms with E-state index in [9.17, 15) is 4.79 Å². The summed E-state index contributed by atoms with van der Waals surface area (Å²) in [5.41, 5.74) is 10.7. The van der Waals surface area contributed by atoms with Gasteiger partial charge in [0.1, 0.15) is 0 Å². The third kappa shape index (κ3) is 19.3. The predicted octanol–water partition coefficient (Wildman–Crippen LogP) is -0.353. The van der Waals surface area contributed by atoms with Crippen molar-refractivity contribution < 1.29 is 23.7 Å². The van der Waals surface area contributed by atoms with Crippen LogP contribution in [0, 0.1) is 0 Å². The van der Waals surface area contributed by atoms with E-state index in [4.69, 9.17) is 30.4 Å². The van der Waals surface area contributed by atoms with Gasteiger partial charge in [0, 0.05) is 19.5 Å². The monoisotopic (exact) mass is 349 g/mol. The zero-order valence-electron chi connectivity index (χ0n) is 14.8. The van der Waals surface area contributed by atoms with E-state index in [0.29, 0.717) is 78.9 Å². The molecular formula is C16H35N3O5. The molecule has 0 bridgehead atoms. The molecule has 144 valence electrons. The van der Waals surface area contributed by atoms with E-state index in [0.717, 1.165) is 19.3 Å². The Morgan fingerprint density at radius 3 is 1.75 bits per heavy atom. The number of ether oxygens (including phenoxy) is 4. The van der Waals surface area contributed by atoms with Gasteiger partial charge in [0.25, 0.3) is 0 Å². The Hall–Kier alpha value is -0.770. The molecule has 0 unspecified atom stereocenters. The lowest BCUT2D eigenvalue weighted by Crippen LogP contribution is -2.25. The number of unbranched alkanes of at least 4 members (excludes halogenated alkanes) is 2. The van der Waals surface area contributed by atoms with Crippen LogP contribution < -0.4 is 16.8 Å². The lowest BCUT2D eigenvalue weighted by atomic mass is 10.2. The largest absolute Gasteiger partial charge is 0.379 e. The first-order chi connectivity index (χ1) is 11.8. The summed E-state index contributed by atoms with van der Waals surface area (Å²) in [6.45, 7) is 6.02. The maximum atomic E-state index is 11.5. The summed E-state index contributed by atoms with van der Waals surface area (Å²) >= 11 is 0. The molecule has 0 saturated heterocycles. The number of nitrogens with one attached hydrogen (secondary N) is 1. The van der Waals surface area contributed by atoms with Crippen LogP contribution in [0.5, 0.6) is 0 Å². The van der Waals surface area contributed by atoms with Crippen molar-refractivity contribution in [2.24, 2.45) is 11.5 Å². The fourth-order valence-corrected chi connectivity index (χ4v) is 1.77. The Morgan fingerprint density at radius 1 is 0.667 bits per heavy atom. The van der Waals surface area contributed by atoms with E-state index in [1.165, 1.54) is 0 Å². The standard InChI is InChI=1S/C16H35N3O5/c17-5-2-1-3-7-19-16(20)4-8-21-10-12-23-14-15-24-13-11-22-9-6-18/h1-15,17-18H2,(H,19,20). The number of carbonyl (C=O) groups excluding carboxylic acids is 1. The van der Waals surface area contributed by atoms with Crippen molar-refractivity contribution in [3.8, 4) is 0 Å². The fraction of sp³-hybridized carbons (Fsp3) is 0.938. The quantitative estimate of drug-likeness (QED) is 0.273. The van der Waals surface area contributed by atoms with E-state index in [1.807, 2.05) is 0 Å². The molecule has 0 saturated carbocycles. The number of carbonyl (C=O) groups is 1. The van der Waals surface area contributed by atoms with Gasteiger partial charge in [-0.05, 0) is 19.4 Å². The summed E-state index contributed by atoms with van der Waals surface area (Å²) in [5.74, 6) is 0.0221. The van der Waals surface area contributed by atoms with Gasteiger partial charge in [-0.2, -0.15) is 0 Å². The second-order valence-electron chi connectivity index (χ2n) is 5.19. The molecule has 8 nitrogen and oxygen atoms in total. The van der Waals surface area contributed by atoms with Crippen molar-refractivity contribution in [1.29, 1.82) is 0 Å². The smallest absolute Gasteiger partial charge is 0.222 e. The van der Waals surface area contributed by atoms with E-state index in [1.54, 1.807) is 0 Å². The molecule has 0 aliphatic rings. The van der Waals surface area contributed by atoms with Crippen LogP contribution in [0.4, 0.5) is 0 Å². The summed E-state index contributed by atoms with van der Waals surface area (Å²) < 4.78 is 21.2. The van der Waals surface area contributed by atoms with Crippen LogP contribution in [0.25, 0.3) is 0 Å². The van der Waals surface area contributed by atoms with Crippen molar-refractivity contribution in [3.05, 3.63) is 0 Å². The molecule has 0 aromatic rings. The molecule has 5 N–H and O–H groups in total. The first-order valence-corrected chi connectivity index (χ1v) is 8.79. The highest BCUT2D eigenvalue weighted by atomic mass is 16.6. The van der Waals surface area contributed by atoms with Crippen LogP contribution in [0.3, 0.4) is 0 Å². The minimum Gasteiger partial charge on any atom is -0.379 e. The number of nitrogens with two attached hydrogens (primary N) is 2. The molecule has 0 radical (unpaired) electrons. The van der Waals surface area contributed by atoms with Gasteiger partial charge in [-0.1, -0.05) is 6.42 Å². The summed E-state index contributed by atoms with van der Waals surface area (Å²) in [6, 6.07) is 0. The summed E-state index contributed by atoms with van der Waals surface area (Å²) in [4.78, 5) is 11.5. The lowest BCUT2D eigenvalue weighted by molar-refractivity contribution is -0.122. The Morgan fingerprint density at radius 2 is 1.21 bits per heavy atom. The molecule has 0 heterocycles. The fourth-order valence-electron chi connectivity index (χ4n) is 1.77. The van der Waals surface area contributed by atoms with Crippen LogP contribution in [0.2, 0.25) is 0 Å². The molecule has 8 heteroatoms. The highest BCUT2D eigenvalue weighted by molar-refractivity contribution is 5.75. The third-order valence-corrected chi connectivity index (χ3v) is 3.05. The minimum atomic E-state index is 0.0221. The molecule has 24 heavy (non-hydrogen) atoms. The van der Waals surface area contributed by atoms with Crippen molar-refractivity contribution >= 4 is 5.91 Å². The van der Waals surface area contributed by atoms with Crippen molar-refractivity contribution in [3.63, 3.8) is 0 Å². The van der Waals surface area contributed by atoms with Gasteiger partial charge < -0.3 is 35.7 Å². The zero-order chi connectivity index (χ0) is 17.7. The first-order valence-electron chi connectivity index (χ1n) is 8.79. The summed E-state index contributed by atoms with van der Waals surface area (Å²) in [5, 5.41) is 2.86. The van der Waals surface area contributed by atoms with Crippen molar-refractivity contribution in [2.75, 3.05) is 72.5 Å². The Bertz CT molecular complexity index is 270. The molecular weight excluding hydrogens is 314 g/mol. The summed E-state index contributed by atoms with van der Waals surface area (Å²) in [7, 11) is 0. The van der Waals surface area contributed by atoms with Gasteiger partial charge in [0.15, 0.2) is 0 Å². The molecule has 0 rings (SSSR count). The highest BCUT2D eigenvalue weighted by Crippen LogP contribution is 1.92. The van der Waals surface area contributed by atoms with E-state index in [2.05, 4.69) is 5.32 Å². The van der Waals surface area contributed by atoms with Gasteiger partial charge in [-0.3, -0.25) is 4.79 Å². The lowest BCUT2D eigenvalue weighted by Gasteiger charge is -2.07. The highest BCUT2D eigenvalue weighted by Gasteiger charge is 2.00. The Balaban J connectivity index is 3.10. The average molecular weight is 349 g/mol. The van der Waals surface area contributed by atoms with Crippen LogP contribution in [-0.2, 0) is 23.7 Å². The third-order valence-electron chi connectivity index (χ3n) is 3.05. The van der Waals surface area contributed by atoms with Gasteiger partial charge in [-0.15, -0.1) is 0 Å². The first kappa shape index (κ1) is 23.2. The van der Waals surface area contributed by atoms with Crippen LogP contribution in [-0.4, -0.2) is 78.4 Å². The molecule has 0 aliphatic carbocycles. The Labute approximate surface area is 145 Å². The molecule has 0 aromatic carbocycles. The molecule has 0 fully saturated rings. The van der Waals surface area contributed by atoms with Gasteiger partial charge in [0.05, 0.1) is 52.9 Å². The summed E-state index contributed by atoms with van der Waals surface area (Å²) in [6.07, 6.45) is 3.41. The molecule has 1 amide bonds. The Kier molecular flexibility index (Phi) is 19.6. The van der Waals surface area contributed by atoms with E-state index >= 15 is 0 Å². The maximum Gasteiger partial charge on any atom is 0.222 e. The second-order valence-corrected chi connectivity index (χ2v) is 5.19. The van der Waals surface area contributed by atoms with Crippen LogP contribution in [0.1, 0.15) is 25.7 Å². The second kappa shape index (κ2) is 20.3. The maximum absolute atomic E-state index is 11.5. The van der Waals surface area contributed by atoms with E-state index < -0.39 is 0 Å². The molecule has 0 aliphatic heterocycles. The zero-order valence-corrected chi connectivity index (χ0v) is 14.8. The normalized spacial score (nSPS) is 10.9. The molecule has 0 aromatic heterocycles. The number of rotatable bonds is 19. The molecule has 0 atom stereocenters. The SMILES string of the molecule is NCCCCCNC(=O)CCOCCOCCOCCOCCN. The topological polar surface area (TPSA) is 118 Å². The average Bonchev–Trinajstić information content (AvgIpc) is 2.59. The van der Waals surface area contributed by atoms with Crippen LogP contribution in [0.15, 0.2) is 0 Å². The van der Waals surface area contributed by atoms with Gasteiger partial charge >= 0.3 is 0 Å². The van der Waals surface area contributed by atoms with Gasteiger partial charge in [0.2, 0.25) is 5.91 Å². The minimum absolute atomic E-state index is 0.0221. The van der Waals surface area contributed by atoms with Crippen molar-refractivity contribution in [1.82, 2.24) is 5.32 Å². The number of amides is 1. The van der Waals surface area contributed by atoms with Crippen molar-refractivity contribution in [2.45, 2.75) is 25.7 Å².